The molecule has 0 unspecified atom stereocenters. The minimum Gasteiger partial charge on any atom is -0.397 e. The van der Waals surface area contributed by atoms with Crippen LogP contribution in [0.2, 0.25) is 0 Å². The first-order valence-electron chi connectivity index (χ1n) is 2.90. The summed E-state index contributed by atoms with van der Waals surface area (Å²) in [7, 11) is 0. The predicted octanol–water partition coefficient (Wildman–Crippen LogP) is 2.63. The van der Waals surface area contributed by atoms with Crippen LogP contribution in [0.5, 0.6) is 0 Å². The molecule has 0 aliphatic rings. The van der Waals surface area contributed by atoms with Crippen molar-refractivity contribution in [2.45, 2.75) is 0 Å². The fraction of sp³-hybridized carbons (Fsp3) is 0. The van der Waals surface area contributed by atoms with E-state index < -0.39 is 0 Å². The highest BCUT2D eigenvalue weighted by atomic mass is 127. The summed E-state index contributed by atoms with van der Waals surface area (Å²) in [5, 5.41) is 7.05. The minimum atomic E-state index is 0.670. The molecule has 1 rings (SSSR count). The number of anilines is 1. The Bertz CT molecular complexity index is 299. The van der Waals surface area contributed by atoms with E-state index in [-0.39, 0.29) is 0 Å². The second-order valence-electron chi connectivity index (χ2n) is 2.03. The molecule has 0 radical (unpaired) electrons. The molecule has 0 spiro atoms. The quantitative estimate of drug-likeness (QED) is 0.466. The second kappa shape index (κ2) is 3.53. The number of benzene rings is 1. The predicted molar refractivity (Wildman–Crippen MR) is 59.2 cm³/mol. The number of halogens is 2. The molecular formula is C7H6BrIN2. The maximum atomic E-state index is 7.05. The van der Waals surface area contributed by atoms with Gasteiger partial charge in [0.1, 0.15) is 0 Å². The Balaban J connectivity index is 3.35. The third kappa shape index (κ3) is 1.93. The largest absolute Gasteiger partial charge is 0.397 e. The van der Waals surface area contributed by atoms with E-state index in [0.717, 1.165) is 13.6 Å². The summed E-state index contributed by atoms with van der Waals surface area (Å²) in [6, 6.07) is 3.74. The molecule has 0 saturated carbocycles. The van der Waals surface area contributed by atoms with Crippen molar-refractivity contribution >= 4 is 50.4 Å². The van der Waals surface area contributed by atoms with E-state index in [1.807, 2.05) is 12.1 Å². The topological polar surface area (TPSA) is 49.9 Å². The first kappa shape index (κ1) is 8.99. The van der Waals surface area contributed by atoms with E-state index in [9.17, 15) is 0 Å². The number of nitrogens with one attached hydrogen (secondary N) is 1. The fourth-order valence-corrected chi connectivity index (χ4v) is 2.27. The highest BCUT2D eigenvalue weighted by Gasteiger charge is 2.01. The number of hydrogen-bond donors (Lipinski definition) is 2. The van der Waals surface area contributed by atoms with E-state index in [1.165, 1.54) is 6.21 Å². The average molecular weight is 325 g/mol. The molecule has 0 aromatic heterocycles. The van der Waals surface area contributed by atoms with Gasteiger partial charge in [0.2, 0.25) is 0 Å². The van der Waals surface area contributed by atoms with E-state index in [2.05, 4.69) is 38.5 Å². The van der Waals surface area contributed by atoms with E-state index in [1.54, 1.807) is 0 Å². The van der Waals surface area contributed by atoms with Gasteiger partial charge >= 0.3 is 0 Å². The van der Waals surface area contributed by atoms with Crippen molar-refractivity contribution in [2.24, 2.45) is 0 Å². The maximum absolute atomic E-state index is 7.05. The van der Waals surface area contributed by atoms with E-state index >= 15 is 0 Å². The van der Waals surface area contributed by atoms with Crippen LogP contribution in [0, 0.1) is 8.98 Å². The molecule has 3 N–H and O–H groups in total. The van der Waals surface area contributed by atoms with Crippen LogP contribution in [0.25, 0.3) is 0 Å². The Hall–Kier alpha value is -0.100. The van der Waals surface area contributed by atoms with Crippen molar-refractivity contribution in [3.8, 4) is 0 Å². The molecule has 2 nitrogen and oxygen atoms in total. The standard InChI is InChI=1S/C7H6BrIN2/c8-5-1-4(3-10)7(11)6(9)2-5/h1-3,10H,11H2. The van der Waals surface area contributed by atoms with Crippen LogP contribution in [0.3, 0.4) is 0 Å². The summed E-state index contributed by atoms with van der Waals surface area (Å²) < 4.78 is 1.92. The molecule has 1 aromatic carbocycles. The summed E-state index contributed by atoms with van der Waals surface area (Å²) in [5.74, 6) is 0. The molecule has 0 amide bonds. The van der Waals surface area contributed by atoms with E-state index in [4.69, 9.17) is 11.1 Å². The van der Waals surface area contributed by atoms with Gasteiger partial charge in [-0.25, -0.2) is 0 Å². The van der Waals surface area contributed by atoms with Crippen LogP contribution in [0.15, 0.2) is 16.6 Å². The van der Waals surface area contributed by atoms with Crippen molar-refractivity contribution in [1.82, 2.24) is 0 Å². The monoisotopic (exact) mass is 324 g/mol. The van der Waals surface area contributed by atoms with Gasteiger partial charge in [0.15, 0.2) is 0 Å². The van der Waals surface area contributed by atoms with Crippen LogP contribution in [-0.4, -0.2) is 6.21 Å². The zero-order chi connectivity index (χ0) is 8.43. The molecule has 0 atom stereocenters. The average Bonchev–Trinajstić information content (AvgIpc) is 1.96. The number of nitrogens with two attached hydrogens (primary N) is 1. The molecule has 0 aliphatic carbocycles. The molecule has 0 saturated heterocycles. The third-order valence-electron chi connectivity index (χ3n) is 1.28. The summed E-state index contributed by atoms with van der Waals surface area (Å²) in [6.07, 6.45) is 1.25. The van der Waals surface area contributed by atoms with Crippen LogP contribution in [0.4, 0.5) is 5.69 Å². The van der Waals surface area contributed by atoms with Gasteiger partial charge in [-0.15, -0.1) is 0 Å². The zero-order valence-corrected chi connectivity index (χ0v) is 9.31. The molecule has 11 heavy (non-hydrogen) atoms. The number of nitrogen functional groups attached to an aromatic ring is 1. The van der Waals surface area contributed by atoms with Crippen molar-refractivity contribution < 1.29 is 0 Å². The third-order valence-corrected chi connectivity index (χ3v) is 2.63. The smallest absolute Gasteiger partial charge is 0.0539 e. The van der Waals surface area contributed by atoms with Crippen molar-refractivity contribution in [2.75, 3.05) is 5.73 Å². The Labute approximate surface area is 87.0 Å². The van der Waals surface area contributed by atoms with Gasteiger partial charge < -0.3 is 11.1 Å². The molecule has 0 fully saturated rings. The highest BCUT2D eigenvalue weighted by Crippen LogP contribution is 2.23. The summed E-state index contributed by atoms with van der Waals surface area (Å²) >= 11 is 5.46. The number of rotatable bonds is 1. The van der Waals surface area contributed by atoms with Crippen molar-refractivity contribution in [1.29, 1.82) is 5.41 Å². The zero-order valence-electron chi connectivity index (χ0n) is 5.57. The van der Waals surface area contributed by atoms with Crippen LogP contribution >= 0.6 is 38.5 Å². The van der Waals surface area contributed by atoms with Crippen molar-refractivity contribution in [3.63, 3.8) is 0 Å². The second-order valence-corrected chi connectivity index (χ2v) is 4.11. The van der Waals surface area contributed by atoms with Gasteiger partial charge in [0.05, 0.1) is 5.69 Å². The lowest BCUT2D eigenvalue weighted by atomic mass is 10.2. The Kier molecular flexibility index (Phi) is 2.89. The normalized spacial score (nSPS) is 9.64. The molecule has 58 valence electrons. The maximum Gasteiger partial charge on any atom is 0.0539 e. The molecule has 1 aromatic rings. The van der Waals surface area contributed by atoms with Gasteiger partial charge in [0, 0.05) is 19.8 Å². The lowest BCUT2D eigenvalue weighted by molar-refractivity contribution is 1.51. The Morgan fingerprint density at radius 2 is 2.18 bits per heavy atom. The summed E-state index contributed by atoms with van der Waals surface area (Å²) in [5.41, 5.74) is 7.11. The lowest BCUT2D eigenvalue weighted by Crippen LogP contribution is -1.95. The van der Waals surface area contributed by atoms with Crippen LogP contribution < -0.4 is 5.73 Å². The van der Waals surface area contributed by atoms with Gasteiger partial charge in [-0.05, 0) is 34.7 Å². The van der Waals surface area contributed by atoms with Gasteiger partial charge in [-0.3, -0.25) is 0 Å². The fourth-order valence-electron chi connectivity index (χ4n) is 0.724. The first-order valence-corrected chi connectivity index (χ1v) is 4.77. The molecular weight excluding hydrogens is 319 g/mol. The molecule has 0 aliphatic heterocycles. The first-order chi connectivity index (χ1) is 5.15. The highest BCUT2D eigenvalue weighted by molar-refractivity contribution is 14.1. The van der Waals surface area contributed by atoms with Crippen LogP contribution in [0.1, 0.15) is 5.56 Å². The lowest BCUT2D eigenvalue weighted by Gasteiger charge is -2.02. The van der Waals surface area contributed by atoms with Gasteiger partial charge in [-0.2, -0.15) is 0 Å². The molecule has 0 heterocycles. The minimum absolute atomic E-state index is 0.670. The number of hydrogen-bond acceptors (Lipinski definition) is 2. The molecule has 0 bridgehead atoms. The van der Waals surface area contributed by atoms with Gasteiger partial charge in [0.25, 0.3) is 0 Å². The molecule has 4 heteroatoms. The van der Waals surface area contributed by atoms with Gasteiger partial charge in [-0.1, -0.05) is 15.9 Å². The van der Waals surface area contributed by atoms with E-state index in [0.29, 0.717) is 5.69 Å². The Morgan fingerprint density at radius 1 is 1.55 bits per heavy atom. The SMILES string of the molecule is N=Cc1cc(Br)cc(I)c1N. The van der Waals surface area contributed by atoms with Crippen molar-refractivity contribution in [3.05, 3.63) is 25.7 Å². The van der Waals surface area contributed by atoms with Crippen LogP contribution in [-0.2, 0) is 0 Å². The Morgan fingerprint density at radius 3 is 2.73 bits per heavy atom. The summed E-state index contributed by atoms with van der Waals surface area (Å²) in [6.45, 7) is 0. The summed E-state index contributed by atoms with van der Waals surface area (Å²) in [4.78, 5) is 0.